The topological polar surface area (TPSA) is 18.5 Å². The van der Waals surface area contributed by atoms with Gasteiger partial charge in [-0.2, -0.15) is 0 Å². The Kier molecular flexibility index (Phi) is 9.84. The van der Waals surface area contributed by atoms with Crippen LogP contribution in [0.1, 0.15) is 110 Å². The molecule has 0 radical (unpaired) electrons. The summed E-state index contributed by atoms with van der Waals surface area (Å²) in [6.45, 7) is 5.44. The zero-order valence-electron chi connectivity index (χ0n) is 17.4. The van der Waals surface area contributed by atoms with Crippen LogP contribution < -0.4 is 0 Å². The molecule has 25 heavy (non-hydrogen) atoms. The SMILES string of the molecule is CCCCCCC[C@H]1CC[C@@](OC)([C@H]2CC[C@H](OCCC)CC2)CC1. The number of rotatable bonds is 11. The molecule has 0 spiro atoms. The van der Waals surface area contributed by atoms with Gasteiger partial charge in [-0.25, -0.2) is 0 Å². The molecular formula is C23H44O2. The van der Waals surface area contributed by atoms with Crippen molar-refractivity contribution in [3.63, 3.8) is 0 Å². The van der Waals surface area contributed by atoms with Gasteiger partial charge >= 0.3 is 0 Å². The fourth-order valence-corrected chi connectivity index (χ4v) is 5.31. The zero-order chi connectivity index (χ0) is 18.0. The molecule has 2 saturated carbocycles. The van der Waals surface area contributed by atoms with Crippen LogP contribution in [-0.4, -0.2) is 25.4 Å². The van der Waals surface area contributed by atoms with E-state index in [0.717, 1.165) is 24.9 Å². The largest absolute Gasteiger partial charge is 0.378 e. The molecule has 0 N–H and O–H groups in total. The first-order valence-corrected chi connectivity index (χ1v) is 11.4. The van der Waals surface area contributed by atoms with Crippen LogP contribution in [0, 0.1) is 11.8 Å². The highest BCUT2D eigenvalue weighted by Crippen LogP contribution is 2.46. The zero-order valence-corrected chi connectivity index (χ0v) is 17.4. The van der Waals surface area contributed by atoms with E-state index in [2.05, 4.69) is 13.8 Å². The summed E-state index contributed by atoms with van der Waals surface area (Å²) in [5.41, 5.74) is 0.189. The van der Waals surface area contributed by atoms with E-state index in [1.54, 1.807) is 0 Å². The monoisotopic (exact) mass is 352 g/mol. The second-order valence-electron chi connectivity index (χ2n) is 8.76. The van der Waals surface area contributed by atoms with Crippen molar-refractivity contribution < 1.29 is 9.47 Å². The van der Waals surface area contributed by atoms with Gasteiger partial charge in [0.05, 0.1) is 11.7 Å². The molecule has 2 aliphatic carbocycles. The Morgan fingerprint density at radius 2 is 1.48 bits per heavy atom. The van der Waals surface area contributed by atoms with Crippen LogP contribution in [-0.2, 0) is 9.47 Å². The normalized spacial score (nSPS) is 33.5. The highest BCUT2D eigenvalue weighted by Gasteiger charge is 2.43. The van der Waals surface area contributed by atoms with Crippen LogP contribution in [0.15, 0.2) is 0 Å². The van der Waals surface area contributed by atoms with Crippen molar-refractivity contribution in [3.05, 3.63) is 0 Å². The van der Waals surface area contributed by atoms with E-state index in [1.165, 1.54) is 89.9 Å². The third-order valence-corrected chi connectivity index (χ3v) is 7.05. The predicted molar refractivity (Wildman–Crippen MR) is 107 cm³/mol. The molecule has 0 bridgehead atoms. The van der Waals surface area contributed by atoms with Gasteiger partial charge in [0.2, 0.25) is 0 Å². The van der Waals surface area contributed by atoms with E-state index in [-0.39, 0.29) is 5.60 Å². The number of unbranched alkanes of at least 4 members (excludes halogenated alkanes) is 4. The Balaban J connectivity index is 1.70. The van der Waals surface area contributed by atoms with Gasteiger partial charge in [-0.1, -0.05) is 52.4 Å². The lowest BCUT2D eigenvalue weighted by atomic mass is 9.66. The van der Waals surface area contributed by atoms with Crippen LogP contribution in [0.5, 0.6) is 0 Å². The molecule has 2 heteroatoms. The molecule has 2 nitrogen and oxygen atoms in total. The minimum Gasteiger partial charge on any atom is -0.378 e. The van der Waals surface area contributed by atoms with Gasteiger partial charge < -0.3 is 9.47 Å². The number of ether oxygens (including phenoxy) is 2. The number of methoxy groups -OCH3 is 1. The average Bonchev–Trinajstić information content (AvgIpc) is 2.67. The van der Waals surface area contributed by atoms with Crippen molar-refractivity contribution in [1.82, 2.24) is 0 Å². The molecule has 2 rings (SSSR count). The Hall–Kier alpha value is -0.0800. The summed E-state index contributed by atoms with van der Waals surface area (Å²) in [5.74, 6) is 1.73. The summed E-state index contributed by atoms with van der Waals surface area (Å²) < 4.78 is 12.2. The molecule has 0 amide bonds. The van der Waals surface area contributed by atoms with Crippen LogP contribution in [0.4, 0.5) is 0 Å². The second-order valence-corrected chi connectivity index (χ2v) is 8.76. The lowest BCUT2D eigenvalue weighted by Crippen LogP contribution is -2.45. The Morgan fingerprint density at radius 3 is 2.08 bits per heavy atom. The van der Waals surface area contributed by atoms with Crippen LogP contribution in [0.25, 0.3) is 0 Å². The molecule has 2 aliphatic rings. The van der Waals surface area contributed by atoms with Crippen molar-refractivity contribution >= 4 is 0 Å². The summed E-state index contributed by atoms with van der Waals surface area (Å²) in [7, 11) is 1.98. The lowest BCUT2D eigenvalue weighted by molar-refractivity contribution is -0.113. The standard InChI is InChI=1S/C23H44O2/c1-4-6-7-8-9-10-20-15-17-23(24-3,18-16-20)21-11-13-22(14-12-21)25-19-5-2/h20-22H,4-19H2,1-3H3/t20-,21-,22-,23-. The summed E-state index contributed by atoms with van der Waals surface area (Å²) in [6.07, 6.45) is 20.7. The number of hydrogen-bond acceptors (Lipinski definition) is 2. The molecule has 0 saturated heterocycles. The smallest absolute Gasteiger partial charge is 0.0707 e. The minimum atomic E-state index is 0.189. The molecule has 0 aliphatic heterocycles. The summed E-state index contributed by atoms with van der Waals surface area (Å²) in [5, 5.41) is 0. The summed E-state index contributed by atoms with van der Waals surface area (Å²) in [4.78, 5) is 0. The van der Waals surface area contributed by atoms with Crippen molar-refractivity contribution in [2.45, 2.75) is 122 Å². The van der Waals surface area contributed by atoms with Crippen LogP contribution in [0.3, 0.4) is 0 Å². The van der Waals surface area contributed by atoms with Gasteiger partial charge in [-0.15, -0.1) is 0 Å². The fraction of sp³-hybridized carbons (Fsp3) is 1.00. The quantitative estimate of drug-likeness (QED) is 0.376. The summed E-state index contributed by atoms with van der Waals surface area (Å²) in [6, 6.07) is 0. The second kappa shape index (κ2) is 11.6. The molecule has 0 aromatic carbocycles. The Labute approximate surface area is 157 Å². The average molecular weight is 353 g/mol. The molecule has 0 unspecified atom stereocenters. The molecule has 148 valence electrons. The van der Waals surface area contributed by atoms with Crippen molar-refractivity contribution in [1.29, 1.82) is 0 Å². The molecule has 0 heterocycles. The highest BCUT2D eigenvalue weighted by molar-refractivity contribution is 4.95. The Morgan fingerprint density at radius 1 is 0.800 bits per heavy atom. The fourth-order valence-electron chi connectivity index (χ4n) is 5.31. The molecule has 0 aromatic rings. The first-order chi connectivity index (χ1) is 12.2. The molecular weight excluding hydrogens is 308 g/mol. The summed E-state index contributed by atoms with van der Waals surface area (Å²) >= 11 is 0. The first-order valence-electron chi connectivity index (χ1n) is 11.4. The van der Waals surface area contributed by atoms with E-state index < -0.39 is 0 Å². The third-order valence-electron chi connectivity index (χ3n) is 7.05. The van der Waals surface area contributed by atoms with Crippen molar-refractivity contribution in [2.24, 2.45) is 11.8 Å². The van der Waals surface area contributed by atoms with E-state index in [4.69, 9.17) is 9.47 Å². The van der Waals surface area contributed by atoms with Gasteiger partial charge in [-0.3, -0.25) is 0 Å². The molecule has 2 fully saturated rings. The van der Waals surface area contributed by atoms with Crippen molar-refractivity contribution in [2.75, 3.05) is 13.7 Å². The molecule has 0 atom stereocenters. The van der Waals surface area contributed by atoms with Gasteiger partial charge in [-0.05, 0) is 69.6 Å². The van der Waals surface area contributed by atoms with Gasteiger partial charge in [0.15, 0.2) is 0 Å². The van der Waals surface area contributed by atoms with E-state index >= 15 is 0 Å². The minimum absolute atomic E-state index is 0.189. The van der Waals surface area contributed by atoms with Gasteiger partial charge in [0, 0.05) is 13.7 Å². The van der Waals surface area contributed by atoms with Gasteiger partial charge in [0.25, 0.3) is 0 Å². The Bertz CT molecular complexity index is 325. The lowest BCUT2D eigenvalue weighted by Gasteiger charge is -2.47. The maximum absolute atomic E-state index is 6.20. The maximum Gasteiger partial charge on any atom is 0.0707 e. The predicted octanol–water partition coefficient (Wildman–Crippen LogP) is 6.91. The maximum atomic E-state index is 6.20. The van der Waals surface area contributed by atoms with Gasteiger partial charge in [0.1, 0.15) is 0 Å². The van der Waals surface area contributed by atoms with Crippen molar-refractivity contribution in [3.8, 4) is 0 Å². The molecule has 0 aromatic heterocycles. The third kappa shape index (κ3) is 6.54. The van der Waals surface area contributed by atoms with E-state index in [9.17, 15) is 0 Å². The van der Waals surface area contributed by atoms with E-state index in [0.29, 0.717) is 6.10 Å². The highest BCUT2D eigenvalue weighted by atomic mass is 16.5. The van der Waals surface area contributed by atoms with Crippen LogP contribution in [0.2, 0.25) is 0 Å². The van der Waals surface area contributed by atoms with E-state index in [1.807, 2.05) is 7.11 Å². The first kappa shape index (κ1) is 21.2. The number of hydrogen-bond donors (Lipinski definition) is 0. The van der Waals surface area contributed by atoms with Crippen LogP contribution >= 0.6 is 0 Å².